The SMILES string of the molecule is CCOC(=O)c1cnc(NC)nc1N. The molecule has 0 radical (unpaired) electrons. The molecule has 6 heteroatoms. The summed E-state index contributed by atoms with van der Waals surface area (Å²) in [5.74, 6) is -0.0222. The van der Waals surface area contributed by atoms with E-state index < -0.39 is 5.97 Å². The van der Waals surface area contributed by atoms with Gasteiger partial charge in [0.15, 0.2) is 0 Å². The highest BCUT2D eigenvalue weighted by molar-refractivity contribution is 5.93. The van der Waals surface area contributed by atoms with E-state index in [1.54, 1.807) is 14.0 Å². The number of hydrogen-bond acceptors (Lipinski definition) is 6. The van der Waals surface area contributed by atoms with Crippen LogP contribution in [0, 0.1) is 0 Å². The zero-order chi connectivity index (χ0) is 10.6. The van der Waals surface area contributed by atoms with Gasteiger partial charge >= 0.3 is 5.97 Å². The number of nitrogens with zero attached hydrogens (tertiary/aromatic N) is 2. The Morgan fingerprint density at radius 2 is 2.43 bits per heavy atom. The molecule has 6 nitrogen and oxygen atoms in total. The van der Waals surface area contributed by atoms with Crippen molar-refractivity contribution in [3.63, 3.8) is 0 Å². The minimum atomic E-state index is -0.507. The molecule has 1 aromatic heterocycles. The number of hydrogen-bond donors (Lipinski definition) is 2. The van der Waals surface area contributed by atoms with Crippen molar-refractivity contribution < 1.29 is 9.53 Å². The van der Waals surface area contributed by atoms with Crippen LogP contribution >= 0.6 is 0 Å². The topological polar surface area (TPSA) is 90.1 Å². The van der Waals surface area contributed by atoms with Crippen molar-refractivity contribution in [1.29, 1.82) is 0 Å². The molecule has 3 N–H and O–H groups in total. The Balaban J connectivity index is 2.94. The predicted octanol–water partition coefficient (Wildman–Crippen LogP) is 0.277. The van der Waals surface area contributed by atoms with Crippen molar-refractivity contribution >= 4 is 17.7 Å². The molecule has 0 aliphatic rings. The number of nitrogen functional groups attached to an aromatic ring is 1. The van der Waals surface area contributed by atoms with Gasteiger partial charge in [0.2, 0.25) is 5.95 Å². The standard InChI is InChI=1S/C8H12N4O2/c1-3-14-7(13)5-4-11-8(10-2)12-6(5)9/h4H,3H2,1-2H3,(H3,9,10,11,12). The first kappa shape index (κ1) is 10.2. The van der Waals surface area contributed by atoms with E-state index in [1.807, 2.05) is 0 Å². The molecule has 76 valence electrons. The summed E-state index contributed by atoms with van der Waals surface area (Å²) < 4.78 is 4.76. The lowest BCUT2D eigenvalue weighted by atomic mass is 10.3. The molecule has 0 atom stereocenters. The number of nitrogens with two attached hydrogens (primary N) is 1. The molecule has 1 heterocycles. The van der Waals surface area contributed by atoms with E-state index >= 15 is 0 Å². The number of rotatable bonds is 3. The van der Waals surface area contributed by atoms with Gasteiger partial charge in [-0.15, -0.1) is 0 Å². The van der Waals surface area contributed by atoms with E-state index in [0.29, 0.717) is 12.6 Å². The van der Waals surface area contributed by atoms with E-state index in [4.69, 9.17) is 10.5 Å². The summed E-state index contributed by atoms with van der Waals surface area (Å²) in [6, 6.07) is 0. The molecule has 0 aliphatic heterocycles. The van der Waals surface area contributed by atoms with E-state index in [9.17, 15) is 4.79 Å². The minimum absolute atomic E-state index is 0.114. The number of aromatic nitrogens is 2. The number of nitrogens with one attached hydrogen (secondary N) is 1. The van der Waals surface area contributed by atoms with Gasteiger partial charge in [-0.3, -0.25) is 0 Å². The van der Waals surface area contributed by atoms with Crippen LogP contribution in [0.2, 0.25) is 0 Å². The monoisotopic (exact) mass is 196 g/mol. The number of esters is 1. The molecule has 0 unspecified atom stereocenters. The van der Waals surface area contributed by atoms with Crippen LogP contribution in [0.3, 0.4) is 0 Å². The van der Waals surface area contributed by atoms with E-state index in [1.165, 1.54) is 6.20 Å². The maximum absolute atomic E-state index is 11.3. The molecule has 0 aromatic carbocycles. The van der Waals surface area contributed by atoms with Crippen LogP contribution in [0.1, 0.15) is 17.3 Å². The van der Waals surface area contributed by atoms with Crippen molar-refractivity contribution in [2.24, 2.45) is 0 Å². The second-order valence-electron chi connectivity index (χ2n) is 2.46. The van der Waals surface area contributed by atoms with E-state index in [-0.39, 0.29) is 11.4 Å². The summed E-state index contributed by atoms with van der Waals surface area (Å²) in [5.41, 5.74) is 5.72. The van der Waals surface area contributed by atoms with Crippen LogP contribution in [-0.2, 0) is 4.74 Å². The lowest BCUT2D eigenvalue weighted by Crippen LogP contribution is -2.11. The minimum Gasteiger partial charge on any atom is -0.462 e. The van der Waals surface area contributed by atoms with E-state index in [2.05, 4.69) is 15.3 Å². The summed E-state index contributed by atoms with van der Waals surface area (Å²) in [6.45, 7) is 2.02. The highest BCUT2D eigenvalue weighted by atomic mass is 16.5. The number of carbonyl (C=O) groups is 1. The summed E-state index contributed by atoms with van der Waals surface area (Å²) in [4.78, 5) is 19.0. The molecule has 1 aromatic rings. The second kappa shape index (κ2) is 4.40. The molecule has 0 amide bonds. The highest BCUT2D eigenvalue weighted by Crippen LogP contribution is 2.10. The Morgan fingerprint density at radius 3 is 2.93 bits per heavy atom. The first-order chi connectivity index (χ1) is 6.69. The fourth-order valence-corrected chi connectivity index (χ4v) is 0.882. The van der Waals surface area contributed by atoms with Crippen LogP contribution in [0.4, 0.5) is 11.8 Å². The summed E-state index contributed by atoms with van der Waals surface area (Å²) in [5, 5.41) is 2.71. The Bertz CT molecular complexity index is 340. The van der Waals surface area contributed by atoms with Gasteiger partial charge in [0, 0.05) is 13.2 Å². The third-order valence-electron chi connectivity index (χ3n) is 1.54. The molecule has 0 saturated carbocycles. The van der Waals surface area contributed by atoms with Crippen LogP contribution in [0.5, 0.6) is 0 Å². The molecule has 0 fully saturated rings. The number of ether oxygens (including phenoxy) is 1. The normalized spacial score (nSPS) is 9.57. The maximum Gasteiger partial charge on any atom is 0.343 e. The zero-order valence-corrected chi connectivity index (χ0v) is 8.07. The van der Waals surface area contributed by atoms with Gasteiger partial charge in [-0.25, -0.2) is 9.78 Å². The third kappa shape index (κ3) is 2.09. The van der Waals surface area contributed by atoms with Gasteiger partial charge in [0.25, 0.3) is 0 Å². The van der Waals surface area contributed by atoms with Crippen molar-refractivity contribution in [1.82, 2.24) is 9.97 Å². The van der Waals surface area contributed by atoms with Crippen molar-refractivity contribution in [2.45, 2.75) is 6.92 Å². The Hall–Kier alpha value is -1.85. The molecular formula is C8H12N4O2. The maximum atomic E-state index is 11.3. The highest BCUT2D eigenvalue weighted by Gasteiger charge is 2.12. The fourth-order valence-electron chi connectivity index (χ4n) is 0.882. The number of anilines is 2. The predicted molar refractivity (Wildman–Crippen MR) is 51.9 cm³/mol. The zero-order valence-electron chi connectivity index (χ0n) is 8.07. The summed E-state index contributed by atoms with van der Waals surface area (Å²) in [6.07, 6.45) is 1.34. The average Bonchev–Trinajstić information content (AvgIpc) is 2.17. The van der Waals surface area contributed by atoms with Crippen molar-refractivity contribution in [2.75, 3.05) is 24.7 Å². The van der Waals surface area contributed by atoms with Crippen molar-refractivity contribution in [3.05, 3.63) is 11.8 Å². The lowest BCUT2D eigenvalue weighted by molar-refractivity contribution is 0.0527. The lowest BCUT2D eigenvalue weighted by Gasteiger charge is -2.05. The van der Waals surface area contributed by atoms with Gasteiger partial charge in [0.1, 0.15) is 11.4 Å². The van der Waals surface area contributed by atoms with Gasteiger partial charge in [-0.1, -0.05) is 0 Å². The smallest absolute Gasteiger partial charge is 0.343 e. The quantitative estimate of drug-likeness (QED) is 0.675. The van der Waals surface area contributed by atoms with Gasteiger partial charge < -0.3 is 15.8 Å². The van der Waals surface area contributed by atoms with Gasteiger partial charge in [-0.05, 0) is 6.92 Å². The molecular weight excluding hydrogens is 184 g/mol. The Morgan fingerprint density at radius 1 is 1.71 bits per heavy atom. The third-order valence-corrected chi connectivity index (χ3v) is 1.54. The number of carbonyl (C=O) groups excluding carboxylic acids is 1. The summed E-state index contributed by atoms with van der Waals surface area (Å²) >= 11 is 0. The fraction of sp³-hybridized carbons (Fsp3) is 0.375. The van der Waals surface area contributed by atoms with Crippen LogP contribution in [0.15, 0.2) is 6.20 Å². The summed E-state index contributed by atoms with van der Waals surface area (Å²) in [7, 11) is 1.67. The molecule has 1 rings (SSSR count). The van der Waals surface area contributed by atoms with Gasteiger partial charge in [0.05, 0.1) is 6.61 Å². The Kier molecular flexibility index (Phi) is 3.22. The first-order valence-corrected chi connectivity index (χ1v) is 4.16. The van der Waals surface area contributed by atoms with Crippen LogP contribution < -0.4 is 11.1 Å². The van der Waals surface area contributed by atoms with Crippen molar-refractivity contribution in [3.8, 4) is 0 Å². The molecule has 0 saturated heterocycles. The van der Waals surface area contributed by atoms with Crippen LogP contribution in [0.25, 0.3) is 0 Å². The molecule has 0 spiro atoms. The molecule has 14 heavy (non-hydrogen) atoms. The Labute approximate surface area is 81.5 Å². The largest absolute Gasteiger partial charge is 0.462 e. The molecule has 0 aliphatic carbocycles. The second-order valence-corrected chi connectivity index (χ2v) is 2.46. The first-order valence-electron chi connectivity index (χ1n) is 4.16. The van der Waals surface area contributed by atoms with E-state index in [0.717, 1.165) is 0 Å². The molecule has 0 bridgehead atoms. The van der Waals surface area contributed by atoms with Gasteiger partial charge in [-0.2, -0.15) is 4.98 Å². The van der Waals surface area contributed by atoms with Crippen LogP contribution in [-0.4, -0.2) is 29.6 Å². The average molecular weight is 196 g/mol.